The summed E-state index contributed by atoms with van der Waals surface area (Å²) in [6.45, 7) is 8.87. The number of nitrogens with one attached hydrogen (secondary N) is 1. The molecular weight excluding hydrogens is 258 g/mol. The number of rotatable bonds is 4. The number of carbonyl (C=O) groups excluding carboxylic acids is 1. The molecule has 1 rings (SSSR count). The molecular formula is C15H21NO4. The SMILES string of the molecule is C=CC(O)c1cc(OC)ccc1NC(=O)OC(C)(C)C. The van der Waals surface area contributed by atoms with Gasteiger partial charge in [-0.2, -0.15) is 0 Å². The van der Waals surface area contributed by atoms with Crippen LogP contribution in [0.3, 0.4) is 0 Å². The van der Waals surface area contributed by atoms with E-state index >= 15 is 0 Å². The van der Waals surface area contributed by atoms with E-state index in [4.69, 9.17) is 9.47 Å². The lowest BCUT2D eigenvalue weighted by molar-refractivity contribution is 0.0635. The third-order valence-corrected chi connectivity index (χ3v) is 2.44. The highest BCUT2D eigenvalue weighted by Gasteiger charge is 2.18. The summed E-state index contributed by atoms with van der Waals surface area (Å²) in [7, 11) is 1.53. The van der Waals surface area contributed by atoms with Gasteiger partial charge in [0.2, 0.25) is 0 Å². The summed E-state index contributed by atoms with van der Waals surface area (Å²) in [5.41, 5.74) is 0.353. The first-order valence-corrected chi connectivity index (χ1v) is 6.25. The monoisotopic (exact) mass is 279 g/mol. The molecule has 1 aromatic carbocycles. The van der Waals surface area contributed by atoms with Gasteiger partial charge < -0.3 is 14.6 Å². The summed E-state index contributed by atoms with van der Waals surface area (Å²) in [5.74, 6) is 0.579. The van der Waals surface area contributed by atoms with Crippen LogP contribution in [-0.4, -0.2) is 23.9 Å². The fraction of sp³-hybridized carbons (Fsp3) is 0.400. The fourth-order valence-corrected chi connectivity index (χ4v) is 1.57. The molecule has 1 amide bonds. The van der Waals surface area contributed by atoms with Gasteiger partial charge in [0.1, 0.15) is 11.4 Å². The van der Waals surface area contributed by atoms with E-state index in [9.17, 15) is 9.90 Å². The van der Waals surface area contributed by atoms with Crippen molar-refractivity contribution in [1.82, 2.24) is 0 Å². The molecule has 110 valence electrons. The Labute approximate surface area is 119 Å². The Bertz CT molecular complexity index is 491. The molecule has 1 unspecified atom stereocenters. The van der Waals surface area contributed by atoms with Crippen molar-refractivity contribution in [2.45, 2.75) is 32.5 Å². The molecule has 0 saturated heterocycles. The second kappa shape index (κ2) is 6.43. The van der Waals surface area contributed by atoms with Crippen LogP contribution in [0, 0.1) is 0 Å². The van der Waals surface area contributed by atoms with Crippen LogP contribution in [0.2, 0.25) is 0 Å². The third-order valence-electron chi connectivity index (χ3n) is 2.44. The van der Waals surface area contributed by atoms with Gasteiger partial charge in [0.25, 0.3) is 0 Å². The Hall–Kier alpha value is -2.01. The normalized spacial score (nSPS) is 12.4. The van der Waals surface area contributed by atoms with Crippen LogP contribution in [0.4, 0.5) is 10.5 Å². The minimum atomic E-state index is -0.907. The molecule has 0 aliphatic rings. The van der Waals surface area contributed by atoms with Crippen molar-refractivity contribution in [1.29, 1.82) is 0 Å². The third kappa shape index (κ3) is 4.59. The second-order valence-corrected chi connectivity index (χ2v) is 5.26. The van der Waals surface area contributed by atoms with Crippen molar-refractivity contribution in [2.75, 3.05) is 12.4 Å². The topological polar surface area (TPSA) is 67.8 Å². The molecule has 0 spiro atoms. The molecule has 20 heavy (non-hydrogen) atoms. The van der Waals surface area contributed by atoms with Gasteiger partial charge >= 0.3 is 6.09 Å². The van der Waals surface area contributed by atoms with Crippen LogP contribution in [0.15, 0.2) is 30.9 Å². The van der Waals surface area contributed by atoms with Crippen LogP contribution in [0.25, 0.3) is 0 Å². The summed E-state index contributed by atoms with van der Waals surface area (Å²) in [4.78, 5) is 11.8. The average molecular weight is 279 g/mol. The number of amides is 1. The Morgan fingerprint density at radius 1 is 1.45 bits per heavy atom. The van der Waals surface area contributed by atoms with E-state index < -0.39 is 17.8 Å². The maximum atomic E-state index is 11.8. The van der Waals surface area contributed by atoms with Crippen LogP contribution in [0.5, 0.6) is 5.75 Å². The largest absolute Gasteiger partial charge is 0.497 e. The molecule has 1 aromatic rings. The smallest absolute Gasteiger partial charge is 0.412 e. The highest BCUT2D eigenvalue weighted by molar-refractivity contribution is 5.86. The lowest BCUT2D eigenvalue weighted by Crippen LogP contribution is -2.27. The molecule has 0 aliphatic carbocycles. The lowest BCUT2D eigenvalue weighted by atomic mass is 10.1. The van der Waals surface area contributed by atoms with Gasteiger partial charge in [-0.15, -0.1) is 6.58 Å². The average Bonchev–Trinajstić information content (AvgIpc) is 2.36. The molecule has 5 nitrogen and oxygen atoms in total. The van der Waals surface area contributed by atoms with Crippen molar-refractivity contribution >= 4 is 11.8 Å². The highest BCUT2D eigenvalue weighted by atomic mass is 16.6. The summed E-state index contributed by atoms with van der Waals surface area (Å²) in [6, 6.07) is 4.97. The number of hydrogen-bond acceptors (Lipinski definition) is 4. The van der Waals surface area contributed by atoms with Crippen molar-refractivity contribution in [3.63, 3.8) is 0 Å². The van der Waals surface area contributed by atoms with Crippen LogP contribution >= 0.6 is 0 Å². The Kier molecular flexibility index (Phi) is 5.16. The summed E-state index contributed by atoms with van der Waals surface area (Å²) in [6.07, 6.45) is -0.120. The maximum absolute atomic E-state index is 11.8. The van der Waals surface area contributed by atoms with E-state index in [1.165, 1.54) is 13.2 Å². The molecule has 2 N–H and O–H groups in total. The summed E-state index contributed by atoms with van der Waals surface area (Å²) in [5, 5.41) is 12.5. The molecule has 0 radical (unpaired) electrons. The lowest BCUT2D eigenvalue weighted by Gasteiger charge is -2.21. The van der Waals surface area contributed by atoms with Gasteiger partial charge in [0, 0.05) is 5.56 Å². The quantitative estimate of drug-likeness (QED) is 0.830. The zero-order valence-corrected chi connectivity index (χ0v) is 12.3. The highest BCUT2D eigenvalue weighted by Crippen LogP contribution is 2.28. The molecule has 0 saturated carbocycles. The van der Waals surface area contributed by atoms with E-state index in [2.05, 4.69) is 11.9 Å². The first kappa shape index (κ1) is 16.0. The summed E-state index contributed by atoms with van der Waals surface area (Å²) < 4.78 is 10.3. The first-order chi connectivity index (χ1) is 9.26. The number of aliphatic hydroxyl groups is 1. The van der Waals surface area contributed by atoms with Crippen LogP contribution < -0.4 is 10.1 Å². The molecule has 0 heterocycles. The van der Waals surface area contributed by atoms with Crippen molar-refractivity contribution in [3.8, 4) is 5.75 Å². The van der Waals surface area contributed by atoms with Crippen molar-refractivity contribution < 1.29 is 19.4 Å². The van der Waals surface area contributed by atoms with Gasteiger partial charge in [-0.05, 0) is 39.0 Å². The standard InChI is InChI=1S/C15H21NO4/c1-6-13(17)11-9-10(19-5)7-8-12(11)16-14(18)20-15(2,3)4/h6-9,13,17H,1H2,2-5H3,(H,16,18). The molecule has 0 bridgehead atoms. The van der Waals surface area contributed by atoms with Crippen molar-refractivity contribution in [2.24, 2.45) is 0 Å². The van der Waals surface area contributed by atoms with Gasteiger partial charge in [0.05, 0.1) is 18.9 Å². The molecule has 0 aromatic heterocycles. The number of methoxy groups -OCH3 is 1. The first-order valence-electron chi connectivity index (χ1n) is 6.25. The fourth-order valence-electron chi connectivity index (χ4n) is 1.57. The number of carbonyl (C=O) groups is 1. The van der Waals surface area contributed by atoms with E-state index in [1.54, 1.807) is 39.0 Å². The predicted octanol–water partition coefficient (Wildman–Crippen LogP) is 3.26. The molecule has 5 heteroatoms. The second-order valence-electron chi connectivity index (χ2n) is 5.26. The Balaban J connectivity index is 2.99. The van der Waals surface area contributed by atoms with E-state index in [0.29, 0.717) is 17.0 Å². The van der Waals surface area contributed by atoms with E-state index in [0.717, 1.165) is 0 Å². The van der Waals surface area contributed by atoms with Gasteiger partial charge in [-0.3, -0.25) is 5.32 Å². The van der Waals surface area contributed by atoms with Gasteiger partial charge in [0.15, 0.2) is 0 Å². The Morgan fingerprint density at radius 3 is 2.60 bits per heavy atom. The summed E-state index contributed by atoms with van der Waals surface area (Å²) >= 11 is 0. The molecule has 0 aliphatic heterocycles. The number of ether oxygens (including phenoxy) is 2. The van der Waals surface area contributed by atoms with Crippen LogP contribution in [-0.2, 0) is 4.74 Å². The van der Waals surface area contributed by atoms with E-state index in [-0.39, 0.29) is 0 Å². The number of anilines is 1. The Morgan fingerprint density at radius 2 is 2.10 bits per heavy atom. The molecule has 0 fully saturated rings. The van der Waals surface area contributed by atoms with Gasteiger partial charge in [-0.25, -0.2) is 4.79 Å². The molecule has 1 atom stereocenters. The predicted molar refractivity (Wildman–Crippen MR) is 78.0 cm³/mol. The maximum Gasteiger partial charge on any atom is 0.412 e. The van der Waals surface area contributed by atoms with Crippen molar-refractivity contribution in [3.05, 3.63) is 36.4 Å². The number of benzene rings is 1. The zero-order valence-electron chi connectivity index (χ0n) is 12.3. The minimum Gasteiger partial charge on any atom is -0.497 e. The minimum absolute atomic E-state index is 0.451. The number of aliphatic hydroxyl groups excluding tert-OH is 1. The zero-order chi connectivity index (χ0) is 15.3. The van der Waals surface area contributed by atoms with Crippen LogP contribution in [0.1, 0.15) is 32.4 Å². The number of hydrogen-bond donors (Lipinski definition) is 2. The van der Waals surface area contributed by atoms with Gasteiger partial charge in [-0.1, -0.05) is 6.08 Å². The van der Waals surface area contributed by atoms with E-state index in [1.807, 2.05) is 0 Å².